The Morgan fingerprint density at radius 3 is 3.00 bits per heavy atom. The lowest BCUT2D eigenvalue weighted by atomic mass is 9.86. The quantitative estimate of drug-likeness (QED) is 0.775. The van der Waals surface area contributed by atoms with Crippen molar-refractivity contribution in [3.8, 4) is 0 Å². The van der Waals surface area contributed by atoms with Crippen LogP contribution in [0.5, 0.6) is 0 Å². The molecule has 3 unspecified atom stereocenters. The van der Waals surface area contributed by atoms with Crippen LogP contribution in [-0.2, 0) is 9.53 Å². The first kappa shape index (κ1) is 15.1. The smallest absolute Gasteiger partial charge is 0.230 e. The van der Waals surface area contributed by atoms with Crippen molar-refractivity contribution in [1.29, 1.82) is 0 Å². The van der Waals surface area contributed by atoms with E-state index in [0.29, 0.717) is 17.9 Å². The van der Waals surface area contributed by atoms with Crippen molar-refractivity contribution in [2.75, 3.05) is 32.6 Å². The Balaban J connectivity index is 1.95. The summed E-state index contributed by atoms with van der Waals surface area (Å²) in [5, 5.41) is 7.20. The van der Waals surface area contributed by atoms with Crippen LogP contribution in [0.3, 0.4) is 0 Å². The Kier molecular flexibility index (Phi) is 5.54. The molecule has 1 saturated carbocycles. The Morgan fingerprint density at radius 1 is 1.53 bits per heavy atom. The zero-order valence-electron chi connectivity index (χ0n) is 12.0. The monoisotopic (exact) mass is 286 g/mol. The predicted octanol–water partition coefficient (Wildman–Crippen LogP) is 1.40. The van der Waals surface area contributed by atoms with E-state index in [1.165, 1.54) is 12.8 Å². The van der Waals surface area contributed by atoms with Gasteiger partial charge in [-0.3, -0.25) is 4.79 Å². The molecule has 3 atom stereocenters. The minimum atomic E-state index is -0.348. The van der Waals surface area contributed by atoms with Gasteiger partial charge < -0.3 is 15.4 Å². The molecule has 0 aromatic heterocycles. The van der Waals surface area contributed by atoms with Gasteiger partial charge in [0.25, 0.3) is 0 Å². The maximum Gasteiger partial charge on any atom is 0.230 e. The first-order valence-electron chi connectivity index (χ1n) is 7.34. The fourth-order valence-electron chi connectivity index (χ4n) is 3.23. The van der Waals surface area contributed by atoms with Crippen LogP contribution in [-0.4, -0.2) is 49.8 Å². The van der Waals surface area contributed by atoms with E-state index in [-0.39, 0.29) is 11.3 Å². The van der Waals surface area contributed by atoms with Crippen molar-refractivity contribution in [1.82, 2.24) is 10.6 Å². The van der Waals surface area contributed by atoms with Gasteiger partial charge in [0.05, 0.1) is 12.0 Å². The van der Waals surface area contributed by atoms with Crippen molar-refractivity contribution in [2.24, 2.45) is 5.41 Å². The summed E-state index contributed by atoms with van der Waals surface area (Å²) in [6, 6.07) is 0.354. The summed E-state index contributed by atoms with van der Waals surface area (Å²) >= 11 is 1.98. The molecule has 4 nitrogen and oxygen atoms in total. The normalized spacial score (nSPS) is 34.6. The molecule has 5 heteroatoms. The number of thioether (sulfide) groups is 1. The van der Waals surface area contributed by atoms with Crippen molar-refractivity contribution in [3.63, 3.8) is 0 Å². The third-order valence-corrected chi connectivity index (χ3v) is 5.62. The lowest BCUT2D eigenvalue weighted by molar-refractivity contribution is -0.133. The number of ether oxygens (including phenoxy) is 1. The molecule has 2 fully saturated rings. The van der Waals surface area contributed by atoms with E-state index in [1.807, 2.05) is 11.8 Å². The van der Waals surface area contributed by atoms with Crippen LogP contribution < -0.4 is 10.6 Å². The molecular weight excluding hydrogens is 260 g/mol. The zero-order chi connectivity index (χ0) is 13.7. The molecule has 1 saturated heterocycles. The van der Waals surface area contributed by atoms with Gasteiger partial charge in [-0.15, -0.1) is 0 Å². The summed E-state index contributed by atoms with van der Waals surface area (Å²) in [7, 11) is 1.68. The van der Waals surface area contributed by atoms with E-state index < -0.39 is 0 Å². The van der Waals surface area contributed by atoms with E-state index in [9.17, 15) is 4.79 Å². The molecule has 0 aromatic rings. The third kappa shape index (κ3) is 3.44. The second-order valence-corrected chi connectivity index (χ2v) is 7.16. The zero-order valence-corrected chi connectivity index (χ0v) is 12.9. The summed E-state index contributed by atoms with van der Waals surface area (Å²) in [4.78, 5) is 12.6. The highest BCUT2D eigenvalue weighted by molar-refractivity contribution is 7.99. The van der Waals surface area contributed by atoms with Crippen molar-refractivity contribution < 1.29 is 9.53 Å². The van der Waals surface area contributed by atoms with E-state index in [4.69, 9.17) is 4.74 Å². The van der Waals surface area contributed by atoms with Crippen molar-refractivity contribution in [2.45, 2.75) is 43.9 Å². The molecule has 0 radical (unpaired) electrons. The number of carbonyl (C=O) groups excluding carboxylic acids is 1. The van der Waals surface area contributed by atoms with Crippen LogP contribution in [0.25, 0.3) is 0 Å². The first-order chi connectivity index (χ1) is 9.22. The van der Waals surface area contributed by atoms with E-state index in [0.717, 1.165) is 31.7 Å². The average Bonchev–Trinajstić information content (AvgIpc) is 3.01. The Bertz CT molecular complexity index is 306. The number of hydrogen-bond donors (Lipinski definition) is 2. The van der Waals surface area contributed by atoms with Crippen LogP contribution in [0.1, 0.15) is 32.6 Å². The third-order valence-electron chi connectivity index (χ3n) is 4.30. The molecular formula is C14H26N2O2S. The first-order valence-corrected chi connectivity index (χ1v) is 8.39. The number of hydrogen-bond acceptors (Lipinski definition) is 4. The molecule has 1 heterocycles. The summed E-state index contributed by atoms with van der Waals surface area (Å²) in [5.74, 6) is 1.31. The van der Waals surface area contributed by atoms with Gasteiger partial charge in [-0.25, -0.2) is 0 Å². The molecule has 0 aromatic carbocycles. The second kappa shape index (κ2) is 6.95. The lowest BCUT2D eigenvalue weighted by Crippen LogP contribution is -2.50. The largest absolute Gasteiger partial charge is 0.384 e. The van der Waals surface area contributed by atoms with Crippen LogP contribution in [0.15, 0.2) is 0 Å². The predicted molar refractivity (Wildman–Crippen MR) is 79.5 cm³/mol. The summed E-state index contributed by atoms with van der Waals surface area (Å²) in [6.45, 7) is 4.36. The number of rotatable bonds is 6. The van der Waals surface area contributed by atoms with Gasteiger partial charge in [0.1, 0.15) is 0 Å². The highest BCUT2D eigenvalue weighted by atomic mass is 32.2. The molecule has 110 valence electrons. The SMILES string of the molecule is CCSC1CCCC1NC(=O)C1(COC)CCNC1. The van der Waals surface area contributed by atoms with Gasteiger partial charge in [0.2, 0.25) is 5.91 Å². The fourth-order valence-corrected chi connectivity index (χ4v) is 4.43. The molecule has 2 aliphatic rings. The maximum atomic E-state index is 12.6. The number of amides is 1. The standard InChI is InChI=1S/C14H26N2O2S/c1-3-19-12-6-4-5-11(12)16-13(17)14(10-18-2)7-8-15-9-14/h11-12,15H,3-10H2,1-2H3,(H,16,17). The van der Waals surface area contributed by atoms with Gasteiger partial charge in [-0.1, -0.05) is 13.3 Å². The number of carbonyl (C=O) groups is 1. The average molecular weight is 286 g/mol. The Labute approximate surface area is 120 Å². The molecule has 2 rings (SSSR count). The highest BCUT2D eigenvalue weighted by Gasteiger charge is 2.43. The van der Waals surface area contributed by atoms with E-state index in [1.54, 1.807) is 7.11 Å². The lowest BCUT2D eigenvalue weighted by Gasteiger charge is -2.29. The van der Waals surface area contributed by atoms with Gasteiger partial charge in [0, 0.05) is 24.9 Å². The molecule has 1 aliphatic heterocycles. The highest BCUT2D eigenvalue weighted by Crippen LogP contribution is 2.32. The van der Waals surface area contributed by atoms with E-state index >= 15 is 0 Å². The van der Waals surface area contributed by atoms with Gasteiger partial charge in [0.15, 0.2) is 0 Å². The topological polar surface area (TPSA) is 50.4 Å². The molecule has 19 heavy (non-hydrogen) atoms. The van der Waals surface area contributed by atoms with Crippen LogP contribution >= 0.6 is 11.8 Å². The van der Waals surface area contributed by atoms with Crippen LogP contribution in [0.4, 0.5) is 0 Å². The Morgan fingerprint density at radius 2 is 2.37 bits per heavy atom. The van der Waals surface area contributed by atoms with Gasteiger partial charge in [-0.2, -0.15) is 11.8 Å². The second-order valence-electron chi connectivity index (χ2n) is 5.64. The fraction of sp³-hybridized carbons (Fsp3) is 0.929. The summed E-state index contributed by atoms with van der Waals surface area (Å²) in [5.41, 5.74) is -0.348. The molecule has 1 amide bonds. The molecule has 1 aliphatic carbocycles. The van der Waals surface area contributed by atoms with Gasteiger partial charge in [-0.05, 0) is 31.6 Å². The minimum Gasteiger partial charge on any atom is -0.384 e. The number of methoxy groups -OCH3 is 1. The van der Waals surface area contributed by atoms with Crippen molar-refractivity contribution in [3.05, 3.63) is 0 Å². The minimum absolute atomic E-state index is 0.188. The molecule has 0 spiro atoms. The molecule has 2 N–H and O–H groups in total. The van der Waals surface area contributed by atoms with Crippen LogP contribution in [0, 0.1) is 5.41 Å². The van der Waals surface area contributed by atoms with Gasteiger partial charge >= 0.3 is 0 Å². The van der Waals surface area contributed by atoms with E-state index in [2.05, 4.69) is 17.6 Å². The molecule has 0 bridgehead atoms. The number of nitrogens with one attached hydrogen (secondary N) is 2. The summed E-state index contributed by atoms with van der Waals surface area (Å²) in [6.07, 6.45) is 4.47. The maximum absolute atomic E-state index is 12.6. The van der Waals surface area contributed by atoms with Crippen LogP contribution in [0.2, 0.25) is 0 Å². The Hall–Kier alpha value is -0.260. The summed E-state index contributed by atoms with van der Waals surface area (Å²) < 4.78 is 5.28. The van der Waals surface area contributed by atoms with Crippen molar-refractivity contribution >= 4 is 17.7 Å².